The summed E-state index contributed by atoms with van der Waals surface area (Å²) in [6.07, 6.45) is 2.69. The molecular weight excluding hydrogens is 306 g/mol. The molecule has 2 aromatic heterocycles. The van der Waals surface area contributed by atoms with Crippen LogP contribution in [-0.4, -0.2) is 17.1 Å². The normalized spacial score (nSPS) is 11.2. The van der Waals surface area contributed by atoms with Gasteiger partial charge in [-0.05, 0) is 37.6 Å². The number of thiophene rings is 1. The predicted molar refractivity (Wildman–Crippen MR) is 95.2 cm³/mol. The molecule has 1 amide bonds. The Morgan fingerprint density at radius 2 is 2.13 bits per heavy atom. The molecule has 1 N–H and O–H groups in total. The van der Waals surface area contributed by atoms with E-state index in [1.165, 1.54) is 4.88 Å². The molecule has 0 saturated carbocycles. The maximum Gasteiger partial charge on any atom is 0.272 e. The van der Waals surface area contributed by atoms with Crippen LogP contribution in [0.5, 0.6) is 0 Å². The number of nitrogens with zero attached hydrogens (tertiary/aromatic N) is 2. The molecule has 2 heterocycles. The van der Waals surface area contributed by atoms with Gasteiger partial charge in [0.2, 0.25) is 0 Å². The lowest BCUT2D eigenvalue weighted by Gasteiger charge is -2.06. The number of amides is 1. The van der Waals surface area contributed by atoms with E-state index in [2.05, 4.69) is 28.5 Å². The summed E-state index contributed by atoms with van der Waals surface area (Å²) in [4.78, 5) is 19.2. The van der Waals surface area contributed by atoms with Crippen molar-refractivity contribution in [3.63, 3.8) is 0 Å². The number of carbonyl (C=O) groups excluding carboxylic acids is 1. The van der Waals surface area contributed by atoms with Gasteiger partial charge in [0.1, 0.15) is 0 Å². The average molecular weight is 323 g/mol. The summed E-state index contributed by atoms with van der Waals surface area (Å²) in [7, 11) is 0. The molecule has 3 aromatic rings. The number of rotatable bonds is 4. The van der Waals surface area contributed by atoms with E-state index < -0.39 is 0 Å². The zero-order valence-electron chi connectivity index (χ0n) is 13.0. The Kier molecular flexibility index (Phi) is 4.48. The second kappa shape index (κ2) is 6.71. The summed E-state index contributed by atoms with van der Waals surface area (Å²) in [5.74, 6) is -0.227. The fraction of sp³-hybridized carbons (Fsp3) is 0.167. The van der Waals surface area contributed by atoms with E-state index in [-0.39, 0.29) is 5.91 Å². The third-order valence-corrected chi connectivity index (χ3v) is 4.64. The Hall–Kier alpha value is -2.53. The SMILES string of the molecule is CCc1ccc(C=NNC(=O)c2cc(C)nc3ccccc23)s1. The first-order valence-corrected chi connectivity index (χ1v) is 8.27. The molecule has 0 radical (unpaired) electrons. The Labute approximate surface area is 138 Å². The van der Waals surface area contributed by atoms with Gasteiger partial charge in [-0.1, -0.05) is 25.1 Å². The van der Waals surface area contributed by atoms with Crippen LogP contribution >= 0.6 is 11.3 Å². The first-order chi connectivity index (χ1) is 11.2. The number of benzene rings is 1. The molecule has 0 spiro atoms. The molecule has 0 atom stereocenters. The van der Waals surface area contributed by atoms with Crippen LogP contribution < -0.4 is 5.43 Å². The van der Waals surface area contributed by atoms with E-state index in [1.807, 2.05) is 37.3 Å². The van der Waals surface area contributed by atoms with Gasteiger partial charge in [0, 0.05) is 20.8 Å². The minimum absolute atomic E-state index is 0.227. The van der Waals surface area contributed by atoms with Crippen molar-refractivity contribution in [3.8, 4) is 0 Å². The maximum absolute atomic E-state index is 12.4. The van der Waals surface area contributed by atoms with Crippen molar-refractivity contribution in [3.05, 3.63) is 63.5 Å². The fourth-order valence-electron chi connectivity index (χ4n) is 2.36. The van der Waals surface area contributed by atoms with Crippen LogP contribution in [0.1, 0.15) is 32.7 Å². The molecule has 0 unspecified atom stereocenters. The molecule has 0 saturated heterocycles. The highest BCUT2D eigenvalue weighted by atomic mass is 32.1. The number of fused-ring (bicyclic) bond motifs is 1. The fourth-order valence-corrected chi connectivity index (χ4v) is 3.19. The van der Waals surface area contributed by atoms with Gasteiger partial charge >= 0.3 is 0 Å². The molecule has 0 bridgehead atoms. The number of carbonyl (C=O) groups is 1. The lowest BCUT2D eigenvalue weighted by Crippen LogP contribution is -2.18. The molecular formula is C18H17N3OS. The van der Waals surface area contributed by atoms with E-state index in [4.69, 9.17) is 0 Å². The van der Waals surface area contributed by atoms with Gasteiger partial charge in [0.25, 0.3) is 5.91 Å². The van der Waals surface area contributed by atoms with Crippen molar-refractivity contribution in [2.24, 2.45) is 5.10 Å². The van der Waals surface area contributed by atoms with Crippen molar-refractivity contribution in [2.75, 3.05) is 0 Å². The number of para-hydroxylation sites is 1. The molecule has 23 heavy (non-hydrogen) atoms. The Morgan fingerprint density at radius 1 is 1.30 bits per heavy atom. The van der Waals surface area contributed by atoms with E-state index in [0.29, 0.717) is 5.56 Å². The molecule has 3 rings (SSSR count). The van der Waals surface area contributed by atoms with Crippen LogP contribution in [0, 0.1) is 6.92 Å². The van der Waals surface area contributed by atoms with Crippen molar-refractivity contribution in [1.29, 1.82) is 0 Å². The summed E-state index contributed by atoms with van der Waals surface area (Å²) in [5, 5.41) is 4.90. The van der Waals surface area contributed by atoms with Gasteiger partial charge in [0.15, 0.2) is 0 Å². The van der Waals surface area contributed by atoms with Gasteiger partial charge in [-0.3, -0.25) is 9.78 Å². The summed E-state index contributed by atoms with van der Waals surface area (Å²) >= 11 is 1.67. The average Bonchev–Trinajstić information content (AvgIpc) is 3.02. The predicted octanol–water partition coefficient (Wildman–Crippen LogP) is 3.93. The largest absolute Gasteiger partial charge is 0.272 e. The number of nitrogens with one attached hydrogen (secondary N) is 1. The van der Waals surface area contributed by atoms with Crippen molar-refractivity contribution in [1.82, 2.24) is 10.4 Å². The molecule has 116 valence electrons. The quantitative estimate of drug-likeness (QED) is 0.584. The standard InChI is InChI=1S/C18H17N3OS/c1-3-13-8-9-14(23-13)11-19-21-18(22)16-10-12(2)20-17-7-5-4-6-15(16)17/h4-11H,3H2,1-2H3,(H,21,22). The molecule has 1 aromatic carbocycles. The van der Waals surface area contributed by atoms with Crippen molar-refractivity contribution >= 4 is 34.4 Å². The topological polar surface area (TPSA) is 54.4 Å². The molecule has 0 fully saturated rings. The van der Waals surface area contributed by atoms with Crippen molar-refractivity contribution < 1.29 is 4.79 Å². The van der Waals surface area contributed by atoms with E-state index in [1.54, 1.807) is 23.6 Å². The monoisotopic (exact) mass is 323 g/mol. The van der Waals surface area contributed by atoms with E-state index in [0.717, 1.165) is 27.9 Å². The van der Waals surface area contributed by atoms with Gasteiger partial charge in [-0.25, -0.2) is 5.43 Å². The van der Waals surface area contributed by atoms with Crippen LogP contribution in [0.2, 0.25) is 0 Å². The van der Waals surface area contributed by atoms with Crippen LogP contribution in [0.25, 0.3) is 10.9 Å². The zero-order valence-corrected chi connectivity index (χ0v) is 13.9. The number of hydrogen-bond donors (Lipinski definition) is 1. The summed E-state index contributed by atoms with van der Waals surface area (Å²) in [5.41, 5.74) is 4.81. The number of hydrazone groups is 1. The smallest absolute Gasteiger partial charge is 0.267 e. The molecule has 5 heteroatoms. The lowest BCUT2D eigenvalue weighted by atomic mass is 10.1. The van der Waals surface area contributed by atoms with Crippen LogP contribution in [0.4, 0.5) is 0 Å². The van der Waals surface area contributed by atoms with E-state index in [9.17, 15) is 4.79 Å². The minimum atomic E-state index is -0.227. The molecule has 0 aliphatic heterocycles. The second-order valence-electron chi connectivity index (χ2n) is 5.19. The Bertz CT molecular complexity index is 883. The highest BCUT2D eigenvalue weighted by molar-refractivity contribution is 7.13. The second-order valence-corrected chi connectivity index (χ2v) is 6.39. The van der Waals surface area contributed by atoms with Crippen LogP contribution in [0.3, 0.4) is 0 Å². The lowest BCUT2D eigenvalue weighted by molar-refractivity contribution is 0.0956. The first kappa shape index (κ1) is 15.4. The Balaban J connectivity index is 1.81. The van der Waals surface area contributed by atoms with Crippen LogP contribution in [-0.2, 0) is 6.42 Å². The summed E-state index contributed by atoms with van der Waals surface area (Å²) in [6.45, 7) is 4.00. The van der Waals surface area contributed by atoms with Gasteiger partial charge < -0.3 is 0 Å². The van der Waals surface area contributed by atoms with Crippen molar-refractivity contribution in [2.45, 2.75) is 20.3 Å². The maximum atomic E-state index is 12.4. The van der Waals surface area contributed by atoms with Crippen LogP contribution in [0.15, 0.2) is 47.6 Å². The summed E-state index contributed by atoms with van der Waals surface area (Å²) < 4.78 is 0. The number of pyridine rings is 1. The number of aryl methyl sites for hydroxylation is 2. The van der Waals surface area contributed by atoms with Gasteiger partial charge in [-0.2, -0.15) is 5.10 Å². The molecule has 0 aliphatic carbocycles. The van der Waals surface area contributed by atoms with Gasteiger partial charge in [-0.15, -0.1) is 11.3 Å². The highest BCUT2D eigenvalue weighted by Crippen LogP contribution is 2.18. The molecule has 0 aliphatic rings. The molecule has 4 nitrogen and oxygen atoms in total. The number of hydrogen-bond acceptors (Lipinski definition) is 4. The zero-order chi connectivity index (χ0) is 16.2. The summed E-state index contributed by atoms with van der Waals surface area (Å²) in [6, 6.07) is 13.5. The van der Waals surface area contributed by atoms with E-state index >= 15 is 0 Å². The number of aromatic nitrogens is 1. The minimum Gasteiger partial charge on any atom is -0.267 e. The third kappa shape index (κ3) is 3.46. The first-order valence-electron chi connectivity index (χ1n) is 7.46. The highest BCUT2D eigenvalue weighted by Gasteiger charge is 2.10. The Morgan fingerprint density at radius 3 is 2.91 bits per heavy atom. The third-order valence-electron chi connectivity index (χ3n) is 3.48. The van der Waals surface area contributed by atoms with Gasteiger partial charge in [0.05, 0.1) is 17.3 Å².